The second-order valence-electron chi connectivity index (χ2n) is 6.27. The number of amides is 3. The van der Waals surface area contributed by atoms with Crippen LogP contribution in [0.25, 0.3) is 0 Å². The standard InChI is InChI=1S/C17H28N4O3/c1-2-21(11-14-6-10-24-13-14)17(23)19-7-4-9-20-8-3-5-15(12-20)16(18)22/h6,10,13,15H,2-5,7-9,11-12H2,1H3,(H2,18,22)(H,19,23)/t15-/m0/s1. The Morgan fingerprint density at radius 3 is 3.00 bits per heavy atom. The topological polar surface area (TPSA) is 91.8 Å². The number of likely N-dealkylation sites (tertiary alicyclic amines) is 1. The molecule has 1 saturated heterocycles. The molecule has 0 aliphatic carbocycles. The zero-order chi connectivity index (χ0) is 17.4. The van der Waals surface area contributed by atoms with Gasteiger partial charge in [-0.25, -0.2) is 4.79 Å². The van der Waals surface area contributed by atoms with Crippen LogP contribution >= 0.6 is 0 Å². The summed E-state index contributed by atoms with van der Waals surface area (Å²) in [5.41, 5.74) is 6.38. The molecule has 0 spiro atoms. The van der Waals surface area contributed by atoms with Crippen molar-refractivity contribution in [3.05, 3.63) is 24.2 Å². The van der Waals surface area contributed by atoms with Crippen LogP contribution in [-0.2, 0) is 11.3 Å². The zero-order valence-electron chi connectivity index (χ0n) is 14.4. The lowest BCUT2D eigenvalue weighted by atomic mass is 9.97. The highest BCUT2D eigenvalue weighted by Gasteiger charge is 2.23. The molecular weight excluding hydrogens is 308 g/mol. The number of carbonyl (C=O) groups is 2. The quantitative estimate of drug-likeness (QED) is 0.702. The predicted octanol–water partition coefficient (Wildman–Crippen LogP) is 1.40. The Labute approximate surface area is 143 Å². The zero-order valence-corrected chi connectivity index (χ0v) is 14.4. The third-order valence-corrected chi connectivity index (χ3v) is 4.46. The maximum atomic E-state index is 12.2. The van der Waals surface area contributed by atoms with Crippen molar-refractivity contribution in [2.45, 2.75) is 32.7 Å². The van der Waals surface area contributed by atoms with E-state index >= 15 is 0 Å². The second-order valence-corrected chi connectivity index (χ2v) is 6.27. The molecule has 1 aromatic heterocycles. The number of furan rings is 1. The van der Waals surface area contributed by atoms with E-state index in [4.69, 9.17) is 10.2 Å². The molecule has 2 rings (SSSR count). The highest BCUT2D eigenvalue weighted by Crippen LogP contribution is 2.15. The van der Waals surface area contributed by atoms with Gasteiger partial charge in [-0.05, 0) is 45.3 Å². The van der Waals surface area contributed by atoms with Gasteiger partial charge in [0.15, 0.2) is 0 Å². The summed E-state index contributed by atoms with van der Waals surface area (Å²) in [5.74, 6) is -0.232. The highest BCUT2D eigenvalue weighted by atomic mass is 16.3. The lowest BCUT2D eigenvalue weighted by Gasteiger charge is -2.31. The van der Waals surface area contributed by atoms with Gasteiger partial charge in [0.25, 0.3) is 0 Å². The molecule has 0 radical (unpaired) electrons. The molecule has 2 heterocycles. The Kier molecular flexibility index (Phi) is 7.11. The molecule has 7 heteroatoms. The molecular formula is C17H28N4O3. The number of carbonyl (C=O) groups excluding carboxylic acids is 2. The number of hydrogen-bond donors (Lipinski definition) is 2. The SMILES string of the molecule is CCN(Cc1ccoc1)C(=O)NCCCN1CCC[C@H](C(N)=O)C1. The van der Waals surface area contributed by atoms with Crippen molar-refractivity contribution in [2.75, 3.05) is 32.7 Å². The lowest BCUT2D eigenvalue weighted by Crippen LogP contribution is -2.43. The van der Waals surface area contributed by atoms with E-state index in [-0.39, 0.29) is 17.9 Å². The van der Waals surface area contributed by atoms with E-state index in [0.717, 1.165) is 44.5 Å². The number of hydrogen-bond acceptors (Lipinski definition) is 4. The third-order valence-electron chi connectivity index (χ3n) is 4.46. The van der Waals surface area contributed by atoms with E-state index in [9.17, 15) is 9.59 Å². The van der Waals surface area contributed by atoms with Gasteiger partial charge in [0, 0.05) is 25.2 Å². The normalized spacial score (nSPS) is 18.3. The van der Waals surface area contributed by atoms with E-state index in [1.54, 1.807) is 17.4 Å². The van der Waals surface area contributed by atoms with Crippen LogP contribution < -0.4 is 11.1 Å². The number of nitrogens with one attached hydrogen (secondary N) is 1. The summed E-state index contributed by atoms with van der Waals surface area (Å²) >= 11 is 0. The average Bonchev–Trinajstić information content (AvgIpc) is 3.09. The first-order chi connectivity index (χ1) is 11.6. The maximum Gasteiger partial charge on any atom is 0.317 e. The van der Waals surface area contributed by atoms with E-state index < -0.39 is 0 Å². The summed E-state index contributed by atoms with van der Waals surface area (Å²) in [6.07, 6.45) is 6.03. The van der Waals surface area contributed by atoms with Gasteiger partial charge in [-0.1, -0.05) is 0 Å². The van der Waals surface area contributed by atoms with E-state index in [0.29, 0.717) is 19.6 Å². The van der Waals surface area contributed by atoms with Crippen molar-refractivity contribution < 1.29 is 14.0 Å². The van der Waals surface area contributed by atoms with Gasteiger partial charge in [0.2, 0.25) is 5.91 Å². The van der Waals surface area contributed by atoms with Crippen molar-refractivity contribution in [3.8, 4) is 0 Å². The molecule has 0 unspecified atom stereocenters. The van der Waals surface area contributed by atoms with Gasteiger partial charge in [-0.15, -0.1) is 0 Å². The Bertz CT molecular complexity index is 518. The molecule has 134 valence electrons. The molecule has 24 heavy (non-hydrogen) atoms. The van der Waals surface area contributed by atoms with E-state index in [1.807, 2.05) is 13.0 Å². The fourth-order valence-electron chi connectivity index (χ4n) is 3.03. The number of nitrogens with two attached hydrogens (primary N) is 1. The van der Waals surface area contributed by atoms with Crippen LogP contribution in [-0.4, -0.2) is 54.5 Å². The minimum atomic E-state index is -0.203. The van der Waals surface area contributed by atoms with Gasteiger partial charge in [0.05, 0.1) is 25.0 Å². The van der Waals surface area contributed by atoms with Crippen molar-refractivity contribution in [1.82, 2.24) is 15.1 Å². The molecule has 0 aromatic carbocycles. The number of piperidine rings is 1. The average molecular weight is 336 g/mol. The van der Waals surface area contributed by atoms with Crippen molar-refractivity contribution in [3.63, 3.8) is 0 Å². The third kappa shape index (κ3) is 5.56. The fraction of sp³-hybridized carbons (Fsp3) is 0.647. The van der Waals surface area contributed by atoms with Crippen LogP contribution in [0.2, 0.25) is 0 Å². The summed E-state index contributed by atoms with van der Waals surface area (Å²) < 4.78 is 5.03. The largest absolute Gasteiger partial charge is 0.472 e. The van der Waals surface area contributed by atoms with Gasteiger partial charge in [-0.2, -0.15) is 0 Å². The van der Waals surface area contributed by atoms with Crippen LogP contribution in [0.5, 0.6) is 0 Å². The van der Waals surface area contributed by atoms with Crippen LogP contribution in [0.1, 0.15) is 31.7 Å². The van der Waals surface area contributed by atoms with Crippen molar-refractivity contribution >= 4 is 11.9 Å². The molecule has 1 aliphatic rings. The second kappa shape index (κ2) is 9.32. The van der Waals surface area contributed by atoms with Crippen molar-refractivity contribution in [1.29, 1.82) is 0 Å². The van der Waals surface area contributed by atoms with Crippen LogP contribution in [0, 0.1) is 5.92 Å². The first-order valence-corrected chi connectivity index (χ1v) is 8.65. The number of nitrogens with zero attached hydrogens (tertiary/aromatic N) is 2. The Morgan fingerprint density at radius 2 is 2.33 bits per heavy atom. The first-order valence-electron chi connectivity index (χ1n) is 8.65. The summed E-state index contributed by atoms with van der Waals surface area (Å²) in [7, 11) is 0. The number of primary amides is 1. The van der Waals surface area contributed by atoms with Crippen LogP contribution in [0.4, 0.5) is 4.79 Å². The summed E-state index contributed by atoms with van der Waals surface area (Å²) in [4.78, 5) is 27.5. The summed E-state index contributed by atoms with van der Waals surface area (Å²) in [6, 6.07) is 1.80. The number of rotatable bonds is 8. The fourth-order valence-corrected chi connectivity index (χ4v) is 3.03. The monoisotopic (exact) mass is 336 g/mol. The van der Waals surface area contributed by atoms with Crippen molar-refractivity contribution in [2.24, 2.45) is 11.7 Å². The van der Waals surface area contributed by atoms with Gasteiger partial charge in [-0.3, -0.25) is 4.79 Å². The van der Waals surface area contributed by atoms with E-state index in [1.165, 1.54) is 0 Å². The molecule has 1 aliphatic heterocycles. The smallest absolute Gasteiger partial charge is 0.317 e. The van der Waals surface area contributed by atoms with Crippen LogP contribution in [0.15, 0.2) is 23.0 Å². The Morgan fingerprint density at radius 1 is 1.50 bits per heavy atom. The summed E-state index contributed by atoms with van der Waals surface area (Å²) in [6.45, 7) is 6.38. The minimum absolute atomic E-state index is 0.0288. The van der Waals surface area contributed by atoms with E-state index in [2.05, 4.69) is 10.2 Å². The molecule has 0 bridgehead atoms. The molecule has 1 fully saturated rings. The first kappa shape index (κ1) is 18.3. The summed E-state index contributed by atoms with van der Waals surface area (Å²) in [5, 5.41) is 2.96. The predicted molar refractivity (Wildman–Crippen MR) is 91.2 cm³/mol. The number of urea groups is 1. The molecule has 7 nitrogen and oxygen atoms in total. The Balaban J connectivity index is 1.65. The van der Waals surface area contributed by atoms with Gasteiger partial charge < -0.3 is 25.3 Å². The Hall–Kier alpha value is -2.02. The molecule has 0 saturated carbocycles. The van der Waals surface area contributed by atoms with Gasteiger partial charge >= 0.3 is 6.03 Å². The molecule has 3 amide bonds. The van der Waals surface area contributed by atoms with Gasteiger partial charge in [0.1, 0.15) is 0 Å². The lowest BCUT2D eigenvalue weighted by molar-refractivity contribution is -0.123. The van der Waals surface area contributed by atoms with Crippen LogP contribution in [0.3, 0.4) is 0 Å². The molecule has 1 atom stereocenters. The maximum absolute atomic E-state index is 12.2. The highest BCUT2D eigenvalue weighted by molar-refractivity contribution is 5.77. The molecule has 3 N–H and O–H groups in total. The minimum Gasteiger partial charge on any atom is -0.472 e. The molecule has 1 aromatic rings.